The summed E-state index contributed by atoms with van der Waals surface area (Å²) < 4.78 is 13.1. The van der Waals surface area contributed by atoms with Gasteiger partial charge < -0.3 is 5.11 Å². The van der Waals surface area contributed by atoms with Crippen molar-refractivity contribution in [2.75, 3.05) is 0 Å². The van der Waals surface area contributed by atoms with Crippen LogP contribution in [-0.4, -0.2) is 16.1 Å². The van der Waals surface area contributed by atoms with Gasteiger partial charge in [-0.1, -0.05) is 18.5 Å². The number of carboxylic acids is 1. The van der Waals surface area contributed by atoms with Crippen molar-refractivity contribution in [1.82, 2.24) is 4.98 Å². The molecule has 0 amide bonds. The molecule has 0 radical (unpaired) electrons. The number of aryl methyl sites for hydroxylation is 1. The minimum atomic E-state index is -1.05. The maximum Gasteiger partial charge on any atom is 0.355 e. The molecule has 0 bridgehead atoms. The van der Waals surface area contributed by atoms with E-state index in [1.165, 1.54) is 29.5 Å². The molecule has 0 aliphatic carbocycles. The van der Waals surface area contributed by atoms with Gasteiger partial charge in [0.15, 0.2) is 5.69 Å². The second-order valence-corrected chi connectivity index (χ2v) is 5.07. The molecule has 0 aliphatic rings. The molecule has 2 rings (SSSR count). The van der Waals surface area contributed by atoms with Crippen LogP contribution in [0.5, 0.6) is 0 Å². The van der Waals surface area contributed by atoms with Crippen molar-refractivity contribution in [3.05, 3.63) is 39.6 Å². The normalized spacial score (nSPS) is 10.6. The van der Waals surface area contributed by atoms with Gasteiger partial charge in [0.05, 0.1) is 5.02 Å². The predicted molar refractivity (Wildman–Crippen MR) is 68.9 cm³/mol. The third kappa shape index (κ3) is 2.37. The lowest BCUT2D eigenvalue weighted by Crippen LogP contribution is -1.99. The van der Waals surface area contributed by atoms with E-state index in [9.17, 15) is 9.18 Å². The zero-order valence-electron chi connectivity index (χ0n) is 9.41. The molecule has 1 N–H and O–H groups in total. The lowest BCUT2D eigenvalue weighted by atomic mass is 10.2. The van der Waals surface area contributed by atoms with Crippen molar-refractivity contribution in [2.24, 2.45) is 0 Å². The number of rotatable bonds is 3. The Kier molecular flexibility index (Phi) is 3.63. The van der Waals surface area contributed by atoms with Gasteiger partial charge in [0.1, 0.15) is 10.8 Å². The van der Waals surface area contributed by atoms with Gasteiger partial charge in [-0.3, -0.25) is 0 Å². The van der Waals surface area contributed by atoms with Gasteiger partial charge in [0, 0.05) is 10.4 Å². The van der Waals surface area contributed by atoms with Gasteiger partial charge in [0.25, 0.3) is 0 Å². The summed E-state index contributed by atoms with van der Waals surface area (Å²) >= 11 is 6.97. The van der Waals surface area contributed by atoms with Gasteiger partial charge in [-0.05, 0) is 24.6 Å². The minimum Gasteiger partial charge on any atom is -0.476 e. The predicted octanol–water partition coefficient (Wildman–Crippen LogP) is 3.86. The van der Waals surface area contributed by atoms with Crippen molar-refractivity contribution in [3.8, 4) is 10.6 Å². The molecule has 0 saturated heterocycles. The topological polar surface area (TPSA) is 50.2 Å². The monoisotopic (exact) mass is 285 g/mol. The first-order valence-electron chi connectivity index (χ1n) is 5.21. The van der Waals surface area contributed by atoms with Crippen molar-refractivity contribution in [3.63, 3.8) is 0 Å². The summed E-state index contributed by atoms with van der Waals surface area (Å²) in [6.45, 7) is 1.86. The Morgan fingerprint density at radius 3 is 2.78 bits per heavy atom. The van der Waals surface area contributed by atoms with Crippen LogP contribution < -0.4 is 0 Å². The molecule has 0 fully saturated rings. The zero-order valence-corrected chi connectivity index (χ0v) is 11.0. The van der Waals surface area contributed by atoms with E-state index in [1.807, 2.05) is 6.92 Å². The van der Waals surface area contributed by atoms with E-state index < -0.39 is 11.8 Å². The van der Waals surface area contributed by atoms with Crippen LogP contribution in [0.25, 0.3) is 10.6 Å². The third-order valence-electron chi connectivity index (χ3n) is 2.39. The Balaban J connectivity index is 2.50. The largest absolute Gasteiger partial charge is 0.476 e. The average molecular weight is 286 g/mol. The standard InChI is InChI=1S/C12H9ClFNO2S/c1-2-9-10(12(16)17)15-11(18-9)6-3-4-8(14)7(13)5-6/h3-5H,2H2,1H3,(H,16,17). The summed E-state index contributed by atoms with van der Waals surface area (Å²) in [6.07, 6.45) is 0.591. The quantitative estimate of drug-likeness (QED) is 0.931. The molecule has 1 aromatic heterocycles. The van der Waals surface area contributed by atoms with E-state index in [0.717, 1.165) is 0 Å². The molecule has 1 heterocycles. The number of hydrogen-bond donors (Lipinski definition) is 1. The molecular formula is C12H9ClFNO2S. The van der Waals surface area contributed by atoms with Crippen LogP contribution in [0.2, 0.25) is 5.02 Å². The second kappa shape index (κ2) is 5.04. The Morgan fingerprint density at radius 1 is 1.56 bits per heavy atom. The number of carbonyl (C=O) groups is 1. The van der Waals surface area contributed by atoms with Crippen LogP contribution in [0.3, 0.4) is 0 Å². The Hall–Kier alpha value is -1.46. The summed E-state index contributed by atoms with van der Waals surface area (Å²) in [5.41, 5.74) is 0.673. The number of aromatic nitrogens is 1. The van der Waals surface area contributed by atoms with E-state index in [1.54, 1.807) is 0 Å². The number of benzene rings is 1. The molecule has 0 spiro atoms. The van der Waals surface area contributed by atoms with E-state index in [0.29, 0.717) is 21.9 Å². The number of nitrogens with zero attached hydrogens (tertiary/aromatic N) is 1. The summed E-state index contributed by atoms with van der Waals surface area (Å²) in [4.78, 5) is 15.8. The van der Waals surface area contributed by atoms with Crippen LogP contribution in [0, 0.1) is 5.82 Å². The molecule has 2 aromatic rings. The fourth-order valence-electron chi connectivity index (χ4n) is 1.51. The van der Waals surface area contributed by atoms with Gasteiger partial charge in [-0.25, -0.2) is 14.2 Å². The van der Waals surface area contributed by atoms with Gasteiger partial charge >= 0.3 is 5.97 Å². The smallest absolute Gasteiger partial charge is 0.355 e. The zero-order chi connectivity index (χ0) is 13.3. The van der Waals surface area contributed by atoms with Crippen LogP contribution in [0.15, 0.2) is 18.2 Å². The van der Waals surface area contributed by atoms with E-state index in [-0.39, 0.29) is 10.7 Å². The van der Waals surface area contributed by atoms with Gasteiger partial charge in [0.2, 0.25) is 0 Å². The van der Waals surface area contributed by atoms with Crippen LogP contribution in [0.4, 0.5) is 4.39 Å². The fourth-order valence-corrected chi connectivity index (χ4v) is 2.68. The molecule has 6 heteroatoms. The highest BCUT2D eigenvalue weighted by Gasteiger charge is 2.17. The summed E-state index contributed by atoms with van der Waals surface area (Å²) in [5.74, 6) is -1.56. The number of halogens is 2. The first-order chi connectivity index (χ1) is 8.52. The van der Waals surface area contributed by atoms with E-state index >= 15 is 0 Å². The number of aromatic carboxylic acids is 1. The van der Waals surface area contributed by atoms with Crippen molar-refractivity contribution in [1.29, 1.82) is 0 Å². The highest BCUT2D eigenvalue weighted by molar-refractivity contribution is 7.15. The summed E-state index contributed by atoms with van der Waals surface area (Å²) in [6, 6.07) is 4.22. The van der Waals surface area contributed by atoms with Crippen molar-refractivity contribution >= 4 is 28.9 Å². The van der Waals surface area contributed by atoms with Crippen LogP contribution in [-0.2, 0) is 6.42 Å². The highest BCUT2D eigenvalue weighted by atomic mass is 35.5. The van der Waals surface area contributed by atoms with Crippen LogP contribution in [0.1, 0.15) is 22.3 Å². The molecule has 18 heavy (non-hydrogen) atoms. The summed E-state index contributed by atoms with van der Waals surface area (Å²) in [5, 5.41) is 9.55. The van der Waals surface area contributed by atoms with Gasteiger partial charge in [-0.15, -0.1) is 11.3 Å². The highest BCUT2D eigenvalue weighted by Crippen LogP contribution is 2.30. The van der Waals surface area contributed by atoms with Gasteiger partial charge in [-0.2, -0.15) is 0 Å². The van der Waals surface area contributed by atoms with Crippen molar-refractivity contribution in [2.45, 2.75) is 13.3 Å². The lowest BCUT2D eigenvalue weighted by Gasteiger charge is -1.97. The van der Waals surface area contributed by atoms with E-state index in [2.05, 4.69) is 4.98 Å². The Morgan fingerprint density at radius 2 is 2.28 bits per heavy atom. The molecule has 0 atom stereocenters. The summed E-state index contributed by atoms with van der Waals surface area (Å²) in [7, 11) is 0. The Bertz CT molecular complexity index is 612. The fraction of sp³-hybridized carbons (Fsp3) is 0.167. The molecule has 94 valence electrons. The number of hydrogen-bond acceptors (Lipinski definition) is 3. The maximum absolute atomic E-state index is 13.1. The van der Waals surface area contributed by atoms with Crippen molar-refractivity contribution < 1.29 is 14.3 Å². The number of thiazole rings is 1. The first kappa shape index (κ1) is 13.0. The van der Waals surface area contributed by atoms with Crippen LogP contribution >= 0.6 is 22.9 Å². The first-order valence-corrected chi connectivity index (χ1v) is 6.40. The van der Waals surface area contributed by atoms with E-state index in [4.69, 9.17) is 16.7 Å². The third-order valence-corrected chi connectivity index (χ3v) is 3.93. The lowest BCUT2D eigenvalue weighted by molar-refractivity contribution is 0.0690. The number of carboxylic acid groups (broad SMARTS) is 1. The Labute approximate surface area is 112 Å². The molecular weight excluding hydrogens is 277 g/mol. The minimum absolute atomic E-state index is 0.00220. The molecule has 0 aliphatic heterocycles. The second-order valence-electron chi connectivity index (χ2n) is 3.58. The molecule has 0 saturated carbocycles. The molecule has 0 unspecified atom stereocenters. The maximum atomic E-state index is 13.1. The molecule has 1 aromatic carbocycles. The molecule has 3 nitrogen and oxygen atoms in total. The SMILES string of the molecule is CCc1sc(-c2ccc(F)c(Cl)c2)nc1C(=O)O. The average Bonchev–Trinajstić information content (AvgIpc) is 2.77.